The van der Waals surface area contributed by atoms with E-state index in [4.69, 9.17) is 4.52 Å². The molecule has 0 bridgehead atoms. The van der Waals surface area contributed by atoms with Crippen molar-refractivity contribution in [3.05, 3.63) is 41.5 Å². The molecule has 10 heteroatoms. The second kappa shape index (κ2) is 9.10. The van der Waals surface area contributed by atoms with Gasteiger partial charge in [0.25, 0.3) is 0 Å². The molecule has 2 N–H and O–H groups in total. The molecule has 1 fully saturated rings. The molecular weight excluding hydrogens is 457 g/mol. The molecule has 142 valence electrons. The molecular formula is C16H21F2IN6O. The molecule has 7 nitrogen and oxygen atoms in total. The van der Waals surface area contributed by atoms with Gasteiger partial charge in [-0.1, -0.05) is 5.16 Å². The van der Waals surface area contributed by atoms with Crippen molar-refractivity contribution < 1.29 is 13.3 Å². The molecule has 1 saturated heterocycles. The van der Waals surface area contributed by atoms with Gasteiger partial charge in [-0.3, -0.25) is 4.99 Å². The Morgan fingerprint density at radius 3 is 2.88 bits per heavy atom. The average Bonchev–Trinajstić information content (AvgIpc) is 3.20. The van der Waals surface area contributed by atoms with Crippen LogP contribution in [0, 0.1) is 18.6 Å². The van der Waals surface area contributed by atoms with Gasteiger partial charge in [-0.05, 0) is 18.6 Å². The van der Waals surface area contributed by atoms with Crippen molar-refractivity contribution in [2.45, 2.75) is 25.9 Å². The summed E-state index contributed by atoms with van der Waals surface area (Å²) in [5.74, 6) is 0.537. The smallest absolute Gasteiger partial charge is 0.223 e. The van der Waals surface area contributed by atoms with Gasteiger partial charge in [0.2, 0.25) is 5.89 Å². The summed E-state index contributed by atoms with van der Waals surface area (Å²) in [6.45, 7) is 3.40. The van der Waals surface area contributed by atoms with Crippen molar-refractivity contribution in [2.75, 3.05) is 25.0 Å². The molecule has 1 aliphatic rings. The summed E-state index contributed by atoms with van der Waals surface area (Å²) in [6, 6.07) is 3.75. The quantitative estimate of drug-likeness (QED) is 0.399. The van der Waals surface area contributed by atoms with Crippen molar-refractivity contribution >= 4 is 35.6 Å². The molecule has 0 saturated carbocycles. The van der Waals surface area contributed by atoms with Crippen LogP contribution < -0.4 is 15.5 Å². The number of guanidine groups is 1. The first-order valence-electron chi connectivity index (χ1n) is 8.01. The zero-order chi connectivity index (χ0) is 17.8. The monoisotopic (exact) mass is 478 g/mol. The fourth-order valence-corrected chi connectivity index (χ4v) is 2.80. The van der Waals surface area contributed by atoms with E-state index in [2.05, 4.69) is 25.8 Å². The van der Waals surface area contributed by atoms with Crippen LogP contribution in [0.15, 0.2) is 27.7 Å². The van der Waals surface area contributed by atoms with E-state index in [9.17, 15) is 8.78 Å². The van der Waals surface area contributed by atoms with E-state index < -0.39 is 11.6 Å². The summed E-state index contributed by atoms with van der Waals surface area (Å²) in [5.41, 5.74) is 0.413. The third kappa shape index (κ3) is 5.02. The van der Waals surface area contributed by atoms with Crippen LogP contribution in [-0.4, -0.2) is 42.3 Å². The number of benzene rings is 1. The Balaban J connectivity index is 0.00000243. The lowest BCUT2D eigenvalue weighted by Crippen LogP contribution is -2.44. The minimum Gasteiger partial charge on any atom is -0.367 e. The SMILES string of the molecule is CN=C(NCc1noc(C)n1)NC1CCN(c2ccc(F)cc2F)C1.I. The predicted molar refractivity (Wildman–Crippen MR) is 105 cm³/mol. The molecule has 0 amide bonds. The Kier molecular flexibility index (Phi) is 7.12. The van der Waals surface area contributed by atoms with E-state index in [0.29, 0.717) is 43.0 Å². The van der Waals surface area contributed by atoms with Crippen LogP contribution in [-0.2, 0) is 6.54 Å². The Hall–Kier alpha value is -1.98. The van der Waals surface area contributed by atoms with Crippen LogP contribution in [0.1, 0.15) is 18.1 Å². The number of aryl methyl sites for hydroxylation is 1. The van der Waals surface area contributed by atoms with Gasteiger partial charge in [-0.15, -0.1) is 24.0 Å². The lowest BCUT2D eigenvalue weighted by Gasteiger charge is -2.20. The molecule has 1 aromatic heterocycles. The van der Waals surface area contributed by atoms with E-state index in [-0.39, 0.29) is 30.0 Å². The number of nitrogens with one attached hydrogen (secondary N) is 2. The van der Waals surface area contributed by atoms with Crippen LogP contribution in [0.4, 0.5) is 14.5 Å². The number of hydrogen-bond donors (Lipinski definition) is 2. The zero-order valence-electron chi connectivity index (χ0n) is 14.5. The van der Waals surface area contributed by atoms with Gasteiger partial charge >= 0.3 is 0 Å². The van der Waals surface area contributed by atoms with Crippen LogP contribution in [0.5, 0.6) is 0 Å². The second-order valence-corrected chi connectivity index (χ2v) is 5.83. The fourth-order valence-electron chi connectivity index (χ4n) is 2.80. The van der Waals surface area contributed by atoms with E-state index >= 15 is 0 Å². The highest BCUT2D eigenvalue weighted by molar-refractivity contribution is 14.0. The van der Waals surface area contributed by atoms with E-state index in [1.807, 2.05) is 4.90 Å². The Morgan fingerprint density at radius 1 is 1.42 bits per heavy atom. The summed E-state index contributed by atoms with van der Waals surface area (Å²) in [5, 5.41) is 10.2. The maximum absolute atomic E-state index is 13.9. The van der Waals surface area contributed by atoms with E-state index in [0.717, 1.165) is 12.5 Å². The van der Waals surface area contributed by atoms with Crippen molar-refractivity contribution in [1.29, 1.82) is 0 Å². The predicted octanol–water partition coefficient (Wildman–Crippen LogP) is 2.22. The lowest BCUT2D eigenvalue weighted by atomic mass is 10.2. The number of anilines is 1. The second-order valence-electron chi connectivity index (χ2n) is 5.83. The maximum Gasteiger partial charge on any atom is 0.223 e. The molecule has 0 aliphatic carbocycles. The van der Waals surface area contributed by atoms with Crippen molar-refractivity contribution in [3.8, 4) is 0 Å². The average molecular weight is 478 g/mol. The summed E-state index contributed by atoms with van der Waals surface area (Å²) >= 11 is 0. The standard InChI is InChI=1S/C16H20F2N6O.HI/c1-10-21-15(23-25-10)8-20-16(19-2)22-12-5-6-24(9-12)14-4-3-11(17)7-13(14)18;/h3-4,7,12H,5-6,8-9H2,1-2H3,(H2,19,20,22);1H. The Morgan fingerprint density at radius 2 is 2.23 bits per heavy atom. The first-order chi connectivity index (χ1) is 12.0. The zero-order valence-corrected chi connectivity index (χ0v) is 16.8. The summed E-state index contributed by atoms with van der Waals surface area (Å²) in [4.78, 5) is 10.2. The highest BCUT2D eigenvalue weighted by Gasteiger charge is 2.25. The van der Waals surface area contributed by atoms with Crippen LogP contribution >= 0.6 is 24.0 Å². The molecule has 0 spiro atoms. The number of halogens is 3. The minimum absolute atomic E-state index is 0. The Labute approximate surface area is 167 Å². The lowest BCUT2D eigenvalue weighted by molar-refractivity contribution is 0.386. The van der Waals surface area contributed by atoms with Crippen LogP contribution in [0.25, 0.3) is 0 Å². The number of rotatable bonds is 4. The molecule has 1 aliphatic heterocycles. The third-order valence-corrected chi connectivity index (χ3v) is 3.99. The van der Waals surface area contributed by atoms with E-state index in [1.165, 1.54) is 12.1 Å². The molecule has 1 unspecified atom stereocenters. The van der Waals surface area contributed by atoms with Gasteiger partial charge in [-0.2, -0.15) is 4.98 Å². The molecule has 1 atom stereocenters. The van der Waals surface area contributed by atoms with Gasteiger partial charge in [-0.25, -0.2) is 8.78 Å². The van der Waals surface area contributed by atoms with Crippen molar-refractivity contribution in [2.24, 2.45) is 4.99 Å². The van der Waals surface area contributed by atoms with Gasteiger partial charge < -0.3 is 20.1 Å². The van der Waals surface area contributed by atoms with Gasteiger partial charge in [0, 0.05) is 39.2 Å². The summed E-state index contributed by atoms with van der Waals surface area (Å²) < 4.78 is 31.9. The number of hydrogen-bond acceptors (Lipinski definition) is 5. The largest absolute Gasteiger partial charge is 0.367 e. The van der Waals surface area contributed by atoms with Crippen LogP contribution in [0.3, 0.4) is 0 Å². The first kappa shape index (κ1) is 20.3. The summed E-state index contributed by atoms with van der Waals surface area (Å²) in [7, 11) is 1.67. The molecule has 1 aromatic carbocycles. The number of aliphatic imine (C=N–C) groups is 1. The topological polar surface area (TPSA) is 78.6 Å². The van der Waals surface area contributed by atoms with Crippen molar-refractivity contribution in [1.82, 2.24) is 20.8 Å². The first-order valence-corrected chi connectivity index (χ1v) is 8.01. The van der Waals surface area contributed by atoms with Gasteiger partial charge in [0.1, 0.15) is 11.6 Å². The number of nitrogens with zero attached hydrogens (tertiary/aromatic N) is 4. The summed E-state index contributed by atoms with van der Waals surface area (Å²) in [6.07, 6.45) is 0.818. The normalized spacial score (nSPS) is 17.2. The minimum atomic E-state index is -0.573. The highest BCUT2D eigenvalue weighted by Crippen LogP contribution is 2.24. The third-order valence-electron chi connectivity index (χ3n) is 3.99. The van der Waals surface area contributed by atoms with Gasteiger partial charge in [0.15, 0.2) is 11.8 Å². The van der Waals surface area contributed by atoms with E-state index in [1.54, 1.807) is 14.0 Å². The molecule has 26 heavy (non-hydrogen) atoms. The fraction of sp³-hybridized carbons (Fsp3) is 0.438. The molecule has 3 rings (SSSR count). The Bertz CT molecular complexity index is 769. The molecule has 2 aromatic rings. The van der Waals surface area contributed by atoms with Crippen molar-refractivity contribution in [3.63, 3.8) is 0 Å². The molecule has 0 radical (unpaired) electrons. The highest BCUT2D eigenvalue weighted by atomic mass is 127. The number of aromatic nitrogens is 2. The molecule has 2 heterocycles. The maximum atomic E-state index is 13.9. The van der Waals surface area contributed by atoms with Gasteiger partial charge in [0.05, 0.1) is 12.2 Å². The van der Waals surface area contributed by atoms with Crippen LogP contribution in [0.2, 0.25) is 0 Å².